The number of amides is 1. The fourth-order valence-corrected chi connectivity index (χ4v) is 3.78. The Bertz CT molecular complexity index is 902. The molecule has 2 rings (SSSR count). The summed E-state index contributed by atoms with van der Waals surface area (Å²) in [5.74, 6) is 3.25. The summed E-state index contributed by atoms with van der Waals surface area (Å²) in [5.41, 5.74) is -0.948. The molecular weight excluding hydrogens is 394 g/mol. The third kappa shape index (κ3) is 5.87. The van der Waals surface area contributed by atoms with Gasteiger partial charge in [-0.05, 0) is 20.3 Å². The number of ether oxygens (including phenoxy) is 1. The van der Waals surface area contributed by atoms with Crippen LogP contribution >= 0.6 is 11.8 Å². The fourth-order valence-electron chi connectivity index (χ4n) is 2.66. The maximum atomic E-state index is 13.0. The van der Waals surface area contributed by atoms with E-state index in [4.69, 9.17) is 20.4 Å². The second kappa shape index (κ2) is 10.2. The number of nitrogens with zero attached hydrogens (tertiary/aromatic N) is 2. The van der Waals surface area contributed by atoms with Crippen molar-refractivity contribution in [3.8, 4) is 18.1 Å². The molecule has 2 atom stereocenters. The predicted octanol–water partition coefficient (Wildman–Crippen LogP) is 2.54. The van der Waals surface area contributed by atoms with E-state index in [9.17, 15) is 9.59 Å². The van der Waals surface area contributed by atoms with E-state index in [1.807, 2.05) is 6.92 Å². The molecule has 2 heterocycles. The smallest absolute Gasteiger partial charge is 0.339 e. The van der Waals surface area contributed by atoms with Crippen LogP contribution < -0.4 is 15.7 Å². The van der Waals surface area contributed by atoms with Gasteiger partial charge in [0.2, 0.25) is 5.91 Å². The molecule has 0 spiro atoms. The molecule has 8 nitrogen and oxygen atoms in total. The van der Waals surface area contributed by atoms with Gasteiger partial charge in [-0.15, -0.1) is 18.2 Å². The summed E-state index contributed by atoms with van der Waals surface area (Å²) in [6.45, 7) is 5.55. The first-order chi connectivity index (χ1) is 13.8. The lowest BCUT2D eigenvalue weighted by Gasteiger charge is -2.24. The van der Waals surface area contributed by atoms with Gasteiger partial charge < -0.3 is 19.3 Å². The minimum atomic E-state index is -0.978. The van der Waals surface area contributed by atoms with Gasteiger partial charge in [-0.25, -0.2) is 4.79 Å². The Labute approximate surface area is 174 Å². The molecule has 0 fully saturated rings. The van der Waals surface area contributed by atoms with Crippen molar-refractivity contribution in [2.24, 2.45) is 10.1 Å². The minimum Gasteiger partial charge on any atom is -0.496 e. The third-order valence-electron chi connectivity index (χ3n) is 4.21. The van der Waals surface area contributed by atoms with E-state index in [1.165, 1.54) is 24.9 Å². The van der Waals surface area contributed by atoms with Crippen LogP contribution in [-0.2, 0) is 9.63 Å². The average molecular weight is 420 g/mol. The van der Waals surface area contributed by atoms with Crippen LogP contribution in [0.4, 0.5) is 0 Å². The van der Waals surface area contributed by atoms with Crippen molar-refractivity contribution in [2.45, 2.75) is 45.2 Å². The van der Waals surface area contributed by atoms with Gasteiger partial charge in [-0.2, -0.15) is 0 Å². The van der Waals surface area contributed by atoms with E-state index in [0.717, 1.165) is 6.42 Å². The number of oxime groups is 1. The van der Waals surface area contributed by atoms with E-state index in [1.54, 1.807) is 19.9 Å². The highest BCUT2D eigenvalue weighted by atomic mass is 32.2. The van der Waals surface area contributed by atoms with Crippen molar-refractivity contribution in [3.05, 3.63) is 28.3 Å². The Balaban J connectivity index is 2.20. The molecule has 0 aliphatic carbocycles. The maximum absolute atomic E-state index is 13.0. The zero-order valence-electron chi connectivity index (χ0n) is 17.0. The number of carbonyl (C=O) groups excluding carboxylic acids is 1. The van der Waals surface area contributed by atoms with Crippen LogP contribution in [0.1, 0.15) is 45.4 Å². The summed E-state index contributed by atoms with van der Waals surface area (Å²) >= 11 is 1.42. The van der Waals surface area contributed by atoms with Gasteiger partial charge in [-0.1, -0.05) is 24.4 Å². The molecular formula is C20H25N3O5S. The number of terminal acetylenes is 1. The molecule has 1 aliphatic heterocycles. The van der Waals surface area contributed by atoms with Crippen LogP contribution in [-0.4, -0.2) is 41.7 Å². The Morgan fingerprint density at radius 1 is 1.55 bits per heavy atom. The number of aliphatic imine (C=N–C) groups is 1. The zero-order chi connectivity index (χ0) is 21.4. The summed E-state index contributed by atoms with van der Waals surface area (Å²) in [6.07, 6.45) is 6.51. The number of thioether (sulfide) groups is 1. The number of nitrogens with one attached hydrogen (secondary N) is 1. The van der Waals surface area contributed by atoms with Gasteiger partial charge in [0.1, 0.15) is 27.8 Å². The molecule has 0 bridgehead atoms. The van der Waals surface area contributed by atoms with Crippen molar-refractivity contribution in [1.82, 2.24) is 5.32 Å². The Morgan fingerprint density at radius 3 is 2.97 bits per heavy atom. The molecule has 9 heteroatoms. The quantitative estimate of drug-likeness (QED) is 0.286. The van der Waals surface area contributed by atoms with Gasteiger partial charge in [0.15, 0.2) is 6.61 Å². The summed E-state index contributed by atoms with van der Waals surface area (Å²) < 4.78 is 10.4. The van der Waals surface area contributed by atoms with Crippen LogP contribution in [0.2, 0.25) is 0 Å². The Hall–Kier alpha value is -2.73. The molecule has 0 radical (unpaired) electrons. The van der Waals surface area contributed by atoms with Crippen molar-refractivity contribution in [3.63, 3.8) is 0 Å². The molecule has 1 unspecified atom stereocenters. The normalized spacial score (nSPS) is 19.8. The lowest BCUT2D eigenvalue weighted by Crippen LogP contribution is -2.45. The first kappa shape index (κ1) is 22.6. The highest BCUT2D eigenvalue weighted by Gasteiger charge is 2.40. The first-order valence-corrected chi connectivity index (χ1v) is 10.1. The number of hydrogen-bond acceptors (Lipinski definition) is 8. The highest BCUT2D eigenvalue weighted by molar-refractivity contribution is 8.16. The Kier molecular flexibility index (Phi) is 7.91. The monoisotopic (exact) mass is 419 g/mol. The van der Waals surface area contributed by atoms with Crippen LogP contribution in [0.25, 0.3) is 0 Å². The lowest BCUT2D eigenvalue weighted by atomic mass is 10.0. The van der Waals surface area contributed by atoms with Gasteiger partial charge in [0.05, 0.1) is 19.2 Å². The van der Waals surface area contributed by atoms with Gasteiger partial charge >= 0.3 is 5.63 Å². The summed E-state index contributed by atoms with van der Waals surface area (Å²) in [6, 6.07) is 2.40. The molecule has 1 aromatic heterocycles. The maximum Gasteiger partial charge on any atom is 0.339 e. The molecule has 1 aliphatic rings. The van der Waals surface area contributed by atoms with Crippen LogP contribution in [0, 0.1) is 12.3 Å². The standard InChI is InChI=1S/C20H25N3O5S/c1-6-8-15(16-10-14(26-5)11-17(24)28-16)21-19(25)20(4)12-29-18(22-20)13(3)23-27-9-7-2/h2,10-11,15H,6,8-9,12H2,1,3-5H3,(H,21,25)/b23-13+/t15-,20?/m1/s1. The number of carbonyl (C=O) groups is 1. The van der Waals surface area contributed by atoms with Crippen LogP contribution in [0.3, 0.4) is 0 Å². The third-order valence-corrected chi connectivity index (χ3v) is 5.58. The molecule has 156 valence electrons. The summed E-state index contributed by atoms with van der Waals surface area (Å²) in [7, 11) is 1.47. The molecule has 1 aromatic rings. The largest absolute Gasteiger partial charge is 0.496 e. The fraction of sp³-hybridized carbons (Fsp3) is 0.500. The van der Waals surface area contributed by atoms with E-state index in [0.29, 0.717) is 34.4 Å². The number of rotatable bonds is 9. The zero-order valence-corrected chi connectivity index (χ0v) is 17.8. The molecule has 0 saturated carbocycles. The number of methoxy groups -OCH3 is 1. The van der Waals surface area contributed by atoms with E-state index in [-0.39, 0.29) is 12.5 Å². The topological polar surface area (TPSA) is 102 Å². The lowest BCUT2D eigenvalue weighted by molar-refractivity contribution is -0.125. The molecule has 1 amide bonds. The van der Waals surface area contributed by atoms with Gasteiger partial charge in [-0.3, -0.25) is 9.79 Å². The van der Waals surface area contributed by atoms with E-state index < -0.39 is 17.2 Å². The van der Waals surface area contributed by atoms with Crippen molar-refractivity contribution >= 4 is 28.4 Å². The SMILES string of the molecule is C#CCO/N=C(\C)C1=NC(C)(C(=O)N[C@H](CCC)c2cc(OC)cc(=O)o2)CS1. The minimum absolute atomic E-state index is 0.0669. The van der Waals surface area contributed by atoms with Crippen molar-refractivity contribution < 1.29 is 18.8 Å². The average Bonchev–Trinajstić information content (AvgIpc) is 3.11. The van der Waals surface area contributed by atoms with Crippen molar-refractivity contribution in [2.75, 3.05) is 19.5 Å². The number of hydrogen-bond donors (Lipinski definition) is 1. The second-order valence-corrected chi connectivity index (χ2v) is 7.63. The molecule has 0 saturated heterocycles. The van der Waals surface area contributed by atoms with Crippen molar-refractivity contribution in [1.29, 1.82) is 0 Å². The van der Waals surface area contributed by atoms with Crippen LogP contribution in [0.15, 0.2) is 31.5 Å². The first-order valence-electron chi connectivity index (χ1n) is 9.16. The summed E-state index contributed by atoms with van der Waals surface area (Å²) in [4.78, 5) is 34.3. The molecule has 0 aromatic carbocycles. The van der Waals surface area contributed by atoms with Gasteiger partial charge in [0, 0.05) is 11.8 Å². The van der Waals surface area contributed by atoms with E-state index >= 15 is 0 Å². The van der Waals surface area contributed by atoms with Crippen LogP contribution in [0.5, 0.6) is 5.75 Å². The molecule has 1 N–H and O–H groups in total. The van der Waals surface area contributed by atoms with E-state index in [2.05, 4.69) is 21.4 Å². The summed E-state index contributed by atoms with van der Waals surface area (Å²) in [5, 5.41) is 7.50. The molecule has 29 heavy (non-hydrogen) atoms. The predicted molar refractivity (Wildman–Crippen MR) is 114 cm³/mol. The second-order valence-electron chi connectivity index (χ2n) is 6.67. The van der Waals surface area contributed by atoms with Gasteiger partial charge in [0.25, 0.3) is 0 Å². The Morgan fingerprint density at radius 2 is 2.31 bits per heavy atom. The highest BCUT2D eigenvalue weighted by Crippen LogP contribution is 2.30.